The van der Waals surface area contributed by atoms with Crippen LogP contribution in [0.2, 0.25) is 0 Å². The van der Waals surface area contributed by atoms with E-state index in [2.05, 4.69) is 5.32 Å². The molecule has 1 atom stereocenters. The Morgan fingerprint density at radius 3 is 2.53 bits per heavy atom. The first-order valence-corrected chi connectivity index (χ1v) is 10.2. The Balaban J connectivity index is 1.89. The van der Waals surface area contributed by atoms with E-state index < -0.39 is 5.54 Å². The first-order chi connectivity index (χ1) is 15.2. The molecule has 0 saturated carbocycles. The number of Topliss-reactive ketones (excluding diaryl/α,β-unsaturated/α-hetero) is 1. The van der Waals surface area contributed by atoms with Crippen LogP contribution in [0.15, 0.2) is 35.9 Å². The molecule has 2 aromatic rings. The van der Waals surface area contributed by atoms with Gasteiger partial charge in [-0.05, 0) is 61.7 Å². The molecule has 1 heterocycles. The normalized spacial score (nSPS) is 14.5. The minimum absolute atomic E-state index is 0.0817. The van der Waals surface area contributed by atoms with Crippen LogP contribution < -0.4 is 30.0 Å². The Morgan fingerprint density at radius 1 is 1.16 bits per heavy atom. The summed E-state index contributed by atoms with van der Waals surface area (Å²) in [5.41, 5.74) is 7.13. The zero-order valence-electron chi connectivity index (χ0n) is 18.9. The quantitative estimate of drug-likeness (QED) is 0.475. The number of hydrogen-bond acceptors (Lipinski definition) is 7. The number of ketones is 1. The Hall–Kier alpha value is -3.52. The number of carbonyl (C=O) groups is 2. The van der Waals surface area contributed by atoms with Crippen molar-refractivity contribution in [1.82, 2.24) is 0 Å². The summed E-state index contributed by atoms with van der Waals surface area (Å²) in [6.07, 6.45) is 2.21. The number of nitrogens with one attached hydrogen (secondary N) is 1. The summed E-state index contributed by atoms with van der Waals surface area (Å²) < 4.78 is 21.5. The number of hydrogen-bond donors (Lipinski definition) is 2. The Bertz CT molecular complexity index is 1070. The van der Waals surface area contributed by atoms with Crippen LogP contribution >= 0.6 is 0 Å². The molecule has 0 fully saturated rings. The third kappa shape index (κ3) is 4.70. The average molecular weight is 440 g/mol. The molecule has 1 amide bonds. The number of fused-ring (bicyclic) bond motifs is 1. The number of anilines is 1. The van der Waals surface area contributed by atoms with Gasteiger partial charge in [0.25, 0.3) is 0 Å². The van der Waals surface area contributed by atoms with Crippen molar-refractivity contribution in [3.63, 3.8) is 0 Å². The lowest BCUT2D eigenvalue weighted by atomic mass is 9.99. The van der Waals surface area contributed by atoms with E-state index in [1.54, 1.807) is 50.3 Å². The van der Waals surface area contributed by atoms with E-state index in [0.717, 1.165) is 5.56 Å². The van der Waals surface area contributed by atoms with E-state index in [1.807, 2.05) is 6.92 Å². The minimum Gasteiger partial charge on any atom is -0.495 e. The van der Waals surface area contributed by atoms with Crippen molar-refractivity contribution in [2.45, 2.75) is 32.7 Å². The second kappa shape index (κ2) is 9.32. The summed E-state index contributed by atoms with van der Waals surface area (Å²) in [6.45, 7) is 5.31. The summed E-state index contributed by atoms with van der Waals surface area (Å²) in [5.74, 6) is 1.37. The van der Waals surface area contributed by atoms with Crippen molar-refractivity contribution >= 4 is 23.5 Å². The highest BCUT2D eigenvalue weighted by molar-refractivity contribution is 6.11. The fourth-order valence-electron chi connectivity index (χ4n) is 3.14. The van der Waals surface area contributed by atoms with Crippen molar-refractivity contribution in [3.05, 3.63) is 47.0 Å². The van der Waals surface area contributed by atoms with Crippen LogP contribution in [-0.4, -0.2) is 38.2 Å². The van der Waals surface area contributed by atoms with Gasteiger partial charge in [-0.15, -0.1) is 0 Å². The number of methoxy groups -OCH3 is 2. The van der Waals surface area contributed by atoms with Gasteiger partial charge in [0.15, 0.2) is 17.3 Å². The van der Waals surface area contributed by atoms with Gasteiger partial charge in [-0.2, -0.15) is 0 Å². The molecule has 0 aromatic heterocycles. The van der Waals surface area contributed by atoms with Crippen molar-refractivity contribution in [2.24, 2.45) is 5.73 Å². The molecule has 1 aliphatic heterocycles. The summed E-state index contributed by atoms with van der Waals surface area (Å²) >= 11 is 0. The molecule has 1 unspecified atom stereocenters. The van der Waals surface area contributed by atoms with Gasteiger partial charge in [0.2, 0.25) is 18.4 Å². The molecule has 0 spiro atoms. The fraction of sp³-hybridized carbons (Fsp3) is 0.333. The largest absolute Gasteiger partial charge is 0.495 e. The predicted molar refractivity (Wildman–Crippen MR) is 122 cm³/mol. The van der Waals surface area contributed by atoms with E-state index in [4.69, 9.17) is 24.7 Å². The molecule has 170 valence electrons. The lowest BCUT2D eigenvalue weighted by molar-refractivity contribution is -0.120. The number of ether oxygens (including phenoxy) is 4. The van der Waals surface area contributed by atoms with Crippen LogP contribution in [-0.2, 0) is 4.79 Å². The molecule has 0 bridgehead atoms. The monoisotopic (exact) mass is 440 g/mol. The number of rotatable bonds is 8. The molecular formula is C24H28N2O6. The van der Waals surface area contributed by atoms with Crippen molar-refractivity contribution in [3.8, 4) is 23.0 Å². The van der Waals surface area contributed by atoms with E-state index in [0.29, 0.717) is 46.2 Å². The highest BCUT2D eigenvalue weighted by Gasteiger charge is 2.27. The van der Waals surface area contributed by atoms with Crippen LogP contribution in [0, 0.1) is 0 Å². The zero-order valence-corrected chi connectivity index (χ0v) is 18.9. The molecule has 2 aromatic carbocycles. The van der Waals surface area contributed by atoms with Gasteiger partial charge in [-0.1, -0.05) is 13.0 Å². The van der Waals surface area contributed by atoms with Crippen LogP contribution in [0.25, 0.3) is 6.08 Å². The summed E-state index contributed by atoms with van der Waals surface area (Å²) in [5, 5.41) is 2.82. The van der Waals surface area contributed by atoms with E-state index in [1.165, 1.54) is 14.2 Å². The smallest absolute Gasteiger partial charge is 0.244 e. The number of amides is 1. The molecule has 32 heavy (non-hydrogen) atoms. The average Bonchev–Trinajstić information content (AvgIpc) is 3.26. The van der Waals surface area contributed by atoms with Crippen molar-refractivity contribution in [2.75, 3.05) is 26.3 Å². The first-order valence-electron chi connectivity index (χ1n) is 10.2. The molecule has 3 rings (SSSR count). The van der Waals surface area contributed by atoms with Crippen LogP contribution in [0.3, 0.4) is 0 Å². The van der Waals surface area contributed by atoms with E-state index in [-0.39, 0.29) is 18.5 Å². The van der Waals surface area contributed by atoms with E-state index >= 15 is 0 Å². The topological polar surface area (TPSA) is 109 Å². The number of nitrogens with two attached hydrogens (primary N) is 1. The predicted octanol–water partition coefficient (Wildman–Crippen LogP) is 3.78. The second-order valence-electron chi connectivity index (χ2n) is 7.75. The molecule has 0 saturated heterocycles. The fourth-order valence-corrected chi connectivity index (χ4v) is 3.14. The number of benzene rings is 2. The van der Waals surface area contributed by atoms with Crippen LogP contribution in [0.5, 0.6) is 23.0 Å². The first kappa shape index (κ1) is 23.1. The maximum absolute atomic E-state index is 13.0. The summed E-state index contributed by atoms with van der Waals surface area (Å²) in [6, 6.07) is 8.52. The molecule has 0 radical (unpaired) electrons. The standard InChI is InChI=1S/C24H28N2O6/c1-6-24(3,25)23(28)26-17-10-15(7-8-18(17)29-4)9-14(2)21(27)16-11-19(30-5)22-20(12-16)31-13-32-22/h7-12H,6,13,25H2,1-5H3,(H,26,28). The molecule has 0 aliphatic carbocycles. The van der Waals surface area contributed by atoms with Gasteiger partial charge < -0.3 is 30.0 Å². The van der Waals surface area contributed by atoms with Crippen molar-refractivity contribution in [1.29, 1.82) is 0 Å². The van der Waals surface area contributed by atoms with Crippen molar-refractivity contribution < 1.29 is 28.5 Å². The number of allylic oxidation sites excluding steroid dienone is 1. The Kier molecular flexibility index (Phi) is 6.74. The number of carbonyl (C=O) groups excluding carboxylic acids is 2. The Morgan fingerprint density at radius 2 is 1.88 bits per heavy atom. The van der Waals surface area contributed by atoms with Gasteiger partial charge in [0.1, 0.15) is 5.75 Å². The third-order valence-electron chi connectivity index (χ3n) is 5.39. The second-order valence-corrected chi connectivity index (χ2v) is 7.75. The highest BCUT2D eigenvalue weighted by Crippen LogP contribution is 2.42. The van der Waals surface area contributed by atoms with Gasteiger partial charge in [0.05, 0.1) is 25.4 Å². The van der Waals surface area contributed by atoms with Crippen LogP contribution in [0.4, 0.5) is 5.69 Å². The summed E-state index contributed by atoms with van der Waals surface area (Å²) in [7, 11) is 3.02. The Labute approximate surface area is 187 Å². The van der Waals surface area contributed by atoms with Gasteiger partial charge >= 0.3 is 0 Å². The maximum atomic E-state index is 13.0. The third-order valence-corrected chi connectivity index (χ3v) is 5.39. The summed E-state index contributed by atoms with van der Waals surface area (Å²) in [4.78, 5) is 25.6. The molecule has 3 N–H and O–H groups in total. The highest BCUT2D eigenvalue weighted by atomic mass is 16.7. The minimum atomic E-state index is -1.01. The van der Waals surface area contributed by atoms with Gasteiger partial charge in [-0.25, -0.2) is 0 Å². The lowest BCUT2D eigenvalue weighted by Gasteiger charge is -2.22. The molecule has 1 aliphatic rings. The molecule has 8 nitrogen and oxygen atoms in total. The van der Waals surface area contributed by atoms with Crippen LogP contribution in [0.1, 0.15) is 43.1 Å². The van der Waals surface area contributed by atoms with Gasteiger partial charge in [0, 0.05) is 5.56 Å². The zero-order chi connectivity index (χ0) is 23.5. The lowest BCUT2D eigenvalue weighted by Crippen LogP contribution is -2.47. The van der Waals surface area contributed by atoms with E-state index in [9.17, 15) is 9.59 Å². The van der Waals surface area contributed by atoms with Gasteiger partial charge in [-0.3, -0.25) is 9.59 Å². The SMILES string of the molecule is CCC(C)(N)C(=O)Nc1cc(C=C(C)C(=O)c2cc(OC)c3c(c2)OCO3)ccc1OC. The molecular weight excluding hydrogens is 412 g/mol. The molecule has 8 heteroatoms. The maximum Gasteiger partial charge on any atom is 0.244 e.